The van der Waals surface area contributed by atoms with Gasteiger partial charge in [-0.3, -0.25) is 4.79 Å². The zero-order valence-electron chi connectivity index (χ0n) is 20.2. The van der Waals surface area contributed by atoms with Crippen LogP contribution in [-0.4, -0.2) is 61.9 Å². The SMILES string of the molecule is CCCCC(O)COCCC([C]=O)(CCOCC(O)CCCC)Cc1ccc2c(c1)OCO2. The summed E-state index contributed by atoms with van der Waals surface area (Å²) in [5.74, 6) is 1.38. The lowest BCUT2D eigenvalue weighted by Crippen LogP contribution is -2.30. The van der Waals surface area contributed by atoms with Crippen molar-refractivity contribution >= 4 is 6.29 Å². The molecule has 0 bridgehead atoms. The van der Waals surface area contributed by atoms with Crippen molar-refractivity contribution in [2.45, 2.75) is 83.8 Å². The topological polar surface area (TPSA) is 94.5 Å². The van der Waals surface area contributed by atoms with E-state index in [-0.39, 0.29) is 20.0 Å². The minimum absolute atomic E-state index is 0.201. The van der Waals surface area contributed by atoms with Crippen LogP contribution in [0.3, 0.4) is 0 Å². The molecular weight excluding hydrogens is 424 g/mol. The molecule has 187 valence electrons. The summed E-state index contributed by atoms with van der Waals surface area (Å²) < 4.78 is 22.3. The number of aliphatic hydroxyl groups is 2. The second-order valence-corrected chi connectivity index (χ2v) is 8.99. The third-order valence-corrected chi connectivity index (χ3v) is 6.05. The van der Waals surface area contributed by atoms with Gasteiger partial charge in [-0.15, -0.1) is 0 Å². The first-order valence-corrected chi connectivity index (χ1v) is 12.3. The number of hydrogen-bond acceptors (Lipinski definition) is 7. The maximum atomic E-state index is 12.2. The summed E-state index contributed by atoms with van der Waals surface area (Å²) in [4.78, 5) is 12.2. The van der Waals surface area contributed by atoms with Gasteiger partial charge in [0.1, 0.15) is 0 Å². The summed E-state index contributed by atoms with van der Waals surface area (Å²) in [6, 6.07) is 5.69. The summed E-state index contributed by atoms with van der Waals surface area (Å²) in [6.45, 7) is 5.60. The average Bonchev–Trinajstić information content (AvgIpc) is 3.29. The van der Waals surface area contributed by atoms with Crippen LogP contribution in [0.5, 0.6) is 11.5 Å². The van der Waals surface area contributed by atoms with Crippen molar-refractivity contribution < 1.29 is 34.0 Å². The molecular formula is C26H41O7. The van der Waals surface area contributed by atoms with Crippen molar-refractivity contribution in [3.05, 3.63) is 23.8 Å². The lowest BCUT2D eigenvalue weighted by Gasteiger charge is -2.28. The zero-order valence-corrected chi connectivity index (χ0v) is 20.2. The molecule has 33 heavy (non-hydrogen) atoms. The van der Waals surface area contributed by atoms with E-state index in [9.17, 15) is 15.0 Å². The summed E-state index contributed by atoms with van der Waals surface area (Å²) in [7, 11) is 0. The predicted molar refractivity (Wildman–Crippen MR) is 126 cm³/mol. The largest absolute Gasteiger partial charge is 0.454 e. The molecule has 0 aliphatic carbocycles. The molecule has 0 aromatic heterocycles. The Labute approximate surface area is 198 Å². The molecule has 0 spiro atoms. The average molecular weight is 466 g/mol. The standard InChI is InChI=1S/C26H41O7/c1-3-5-7-22(28)17-30-13-11-26(19-27,12-14-31-18-23(29)8-6-4-2)16-21-9-10-24-25(15-21)33-20-32-24/h9-10,15,22-23,28-29H,3-8,11-14,16-18,20H2,1-2H3. The van der Waals surface area contributed by atoms with Crippen LogP contribution < -0.4 is 9.47 Å². The molecule has 1 aliphatic rings. The van der Waals surface area contributed by atoms with E-state index in [0.29, 0.717) is 56.8 Å². The summed E-state index contributed by atoms with van der Waals surface area (Å²) in [5, 5.41) is 20.0. The van der Waals surface area contributed by atoms with E-state index >= 15 is 0 Å². The van der Waals surface area contributed by atoms with Crippen LogP contribution in [0, 0.1) is 5.41 Å². The smallest absolute Gasteiger partial charge is 0.231 e. The maximum Gasteiger partial charge on any atom is 0.231 e. The number of fused-ring (bicyclic) bond motifs is 1. The number of hydrogen-bond donors (Lipinski definition) is 2. The van der Waals surface area contributed by atoms with Gasteiger partial charge in [0.25, 0.3) is 0 Å². The van der Waals surface area contributed by atoms with Crippen LogP contribution in [0.15, 0.2) is 18.2 Å². The van der Waals surface area contributed by atoms with Gasteiger partial charge in [0.2, 0.25) is 13.1 Å². The van der Waals surface area contributed by atoms with Crippen LogP contribution in [0.25, 0.3) is 0 Å². The Morgan fingerprint density at radius 3 is 2.09 bits per heavy atom. The third-order valence-electron chi connectivity index (χ3n) is 6.05. The lowest BCUT2D eigenvalue weighted by molar-refractivity contribution is 0.00954. The van der Waals surface area contributed by atoms with Gasteiger partial charge in [-0.25, -0.2) is 0 Å². The molecule has 0 amide bonds. The first kappa shape index (κ1) is 27.6. The molecule has 1 heterocycles. The summed E-state index contributed by atoms with van der Waals surface area (Å²) in [6.07, 6.45) is 8.11. The number of unbranched alkanes of at least 4 members (excludes halogenated alkanes) is 2. The molecule has 2 N–H and O–H groups in total. The molecule has 1 radical (unpaired) electrons. The second-order valence-electron chi connectivity index (χ2n) is 8.99. The minimum Gasteiger partial charge on any atom is -0.454 e. The van der Waals surface area contributed by atoms with E-state index < -0.39 is 17.6 Å². The van der Waals surface area contributed by atoms with E-state index in [4.69, 9.17) is 18.9 Å². The highest BCUT2D eigenvalue weighted by atomic mass is 16.7. The zero-order chi connectivity index (χ0) is 23.9. The number of rotatable bonds is 19. The van der Waals surface area contributed by atoms with Crippen LogP contribution in [0.4, 0.5) is 0 Å². The lowest BCUT2D eigenvalue weighted by atomic mass is 9.77. The fourth-order valence-corrected chi connectivity index (χ4v) is 3.90. The van der Waals surface area contributed by atoms with E-state index in [2.05, 4.69) is 20.1 Å². The van der Waals surface area contributed by atoms with Crippen molar-refractivity contribution in [1.29, 1.82) is 0 Å². The van der Waals surface area contributed by atoms with Crippen molar-refractivity contribution in [2.24, 2.45) is 5.41 Å². The van der Waals surface area contributed by atoms with E-state index in [1.165, 1.54) is 0 Å². The van der Waals surface area contributed by atoms with Gasteiger partial charge in [0.05, 0.1) is 25.4 Å². The quantitative estimate of drug-likeness (QED) is 0.299. The van der Waals surface area contributed by atoms with Gasteiger partial charge in [0.15, 0.2) is 11.5 Å². The second kappa shape index (κ2) is 15.3. The van der Waals surface area contributed by atoms with Crippen molar-refractivity contribution in [1.82, 2.24) is 0 Å². The van der Waals surface area contributed by atoms with Gasteiger partial charge < -0.3 is 29.2 Å². The fraction of sp³-hybridized carbons (Fsp3) is 0.731. The van der Waals surface area contributed by atoms with Gasteiger partial charge in [-0.2, -0.15) is 0 Å². The Morgan fingerprint density at radius 1 is 0.970 bits per heavy atom. The highest BCUT2D eigenvalue weighted by molar-refractivity contribution is 5.61. The number of carbonyl (C=O) groups excluding carboxylic acids is 1. The summed E-state index contributed by atoms with van der Waals surface area (Å²) in [5.41, 5.74) is 0.157. The third kappa shape index (κ3) is 10.0. The molecule has 0 saturated carbocycles. The molecule has 2 atom stereocenters. The molecule has 0 fully saturated rings. The van der Waals surface area contributed by atoms with E-state index in [1.54, 1.807) is 0 Å². The molecule has 0 saturated heterocycles. The van der Waals surface area contributed by atoms with Gasteiger partial charge in [0, 0.05) is 18.6 Å². The Kier molecular flexibility index (Phi) is 12.8. The fourth-order valence-electron chi connectivity index (χ4n) is 3.90. The van der Waals surface area contributed by atoms with Gasteiger partial charge in [-0.1, -0.05) is 45.6 Å². The monoisotopic (exact) mass is 465 g/mol. The van der Waals surface area contributed by atoms with Crippen molar-refractivity contribution in [2.75, 3.05) is 33.2 Å². The number of benzene rings is 1. The van der Waals surface area contributed by atoms with Crippen LogP contribution in [-0.2, 0) is 20.7 Å². The van der Waals surface area contributed by atoms with Gasteiger partial charge >= 0.3 is 0 Å². The van der Waals surface area contributed by atoms with Crippen LogP contribution in [0.1, 0.15) is 70.8 Å². The van der Waals surface area contributed by atoms with E-state index in [1.807, 2.05) is 18.2 Å². The highest BCUT2D eigenvalue weighted by Gasteiger charge is 2.32. The Balaban J connectivity index is 1.93. The predicted octanol–water partition coefficient (Wildman–Crippen LogP) is 3.97. The molecule has 1 aromatic rings. The number of aliphatic hydroxyl groups excluding tert-OH is 2. The highest BCUT2D eigenvalue weighted by Crippen LogP contribution is 2.36. The first-order valence-electron chi connectivity index (χ1n) is 12.3. The first-order chi connectivity index (χ1) is 16.0. The molecule has 7 heteroatoms. The molecule has 1 aromatic carbocycles. The minimum atomic E-state index is -0.795. The molecule has 2 unspecified atom stereocenters. The van der Waals surface area contributed by atoms with Crippen LogP contribution >= 0.6 is 0 Å². The normalized spacial score (nSPS) is 16.4. The van der Waals surface area contributed by atoms with Gasteiger partial charge in [-0.05, 0) is 49.8 Å². The Hall–Kier alpha value is -1.67. The Morgan fingerprint density at radius 2 is 1.55 bits per heavy atom. The molecule has 2 rings (SSSR count). The Bertz CT molecular complexity index is 657. The van der Waals surface area contributed by atoms with Crippen molar-refractivity contribution in [3.8, 4) is 11.5 Å². The molecule has 1 aliphatic heterocycles. The number of ether oxygens (including phenoxy) is 4. The maximum absolute atomic E-state index is 12.2. The summed E-state index contributed by atoms with van der Waals surface area (Å²) >= 11 is 0. The van der Waals surface area contributed by atoms with Crippen LogP contribution in [0.2, 0.25) is 0 Å². The molecule has 7 nitrogen and oxygen atoms in total. The van der Waals surface area contributed by atoms with E-state index in [0.717, 1.165) is 31.2 Å². The van der Waals surface area contributed by atoms with Crippen molar-refractivity contribution in [3.63, 3.8) is 0 Å².